The van der Waals surface area contributed by atoms with Gasteiger partial charge in [-0.3, -0.25) is 9.88 Å². The second kappa shape index (κ2) is 7.39. The summed E-state index contributed by atoms with van der Waals surface area (Å²) in [6.45, 7) is 4.59. The van der Waals surface area contributed by atoms with Gasteiger partial charge in [0.2, 0.25) is 0 Å². The fourth-order valence-electron chi connectivity index (χ4n) is 3.40. The van der Waals surface area contributed by atoms with E-state index in [-0.39, 0.29) is 6.04 Å². The first-order valence-electron chi connectivity index (χ1n) is 8.82. The third-order valence-electron chi connectivity index (χ3n) is 4.77. The van der Waals surface area contributed by atoms with Crippen LogP contribution >= 0.6 is 0 Å². The third-order valence-corrected chi connectivity index (χ3v) is 4.77. The molecule has 0 unspecified atom stereocenters. The molecule has 0 spiro atoms. The number of rotatable bonds is 6. The molecule has 0 aliphatic carbocycles. The Morgan fingerprint density at radius 2 is 2.19 bits per heavy atom. The average molecular weight is 353 g/mol. The lowest BCUT2D eigenvalue weighted by Crippen LogP contribution is -2.43. The first kappa shape index (κ1) is 16.9. The number of pyridine rings is 1. The molecule has 0 amide bonds. The molecule has 0 saturated heterocycles. The molecule has 3 aromatic heterocycles. The van der Waals surface area contributed by atoms with Gasteiger partial charge in [-0.05, 0) is 19.1 Å². The van der Waals surface area contributed by atoms with Crippen molar-refractivity contribution in [1.29, 1.82) is 0 Å². The zero-order valence-corrected chi connectivity index (χ0v) is 15.1. The normalized spacial score (nSPS) is 17.4. The highest BCUT2D eigenvalue weighted by atomic mass is 16.5. The lowest BCUT2D eigenvalue weighted by molar-refractivity contribution is 0.0339. The second-order valence-electron chi connectivity index (χ2n) is 6.78. The summed E-state index contributed by atoms with van der Waals surface area (Å²) in [4.78, 5) is 11.2. The van der Waals surface area contributed by atoms with Crippen LogP contribution < -0.4 is 0 Å². The number of hydrogen-bond donors (Lipinski definition) is 0. The molecule has 0 bridgehead atoms. The van der Waals surface area contributed by atoms with Gasteiger partial charge in [-0.1, -0.05) is 11.2 Å². The summed E-state index contributed by atoms with van der Waals surface area (Å²) >= 11 is 0. The van der Waals surface area contributed by atoms with Crippen molar-refractivity contribution in [2.45, 2.75) is 39.1 Å². The summed E-state index contributed by atoms with van der Waals surface area (Å²) < 4.78 is 13.3. The minimum atomic E-state index is 0.263. The number of aryl methyl sites for hydroxylation is 2. The van der Waals surface area contributed by atoms with E-state index in [1.54, 1.807) is 6.20 Å². The number of aromatic nitrogens is 4. The van der Waals surface area contributed by atoms with E-state index in [0.29, 0.717) is 13.2 Å². The molecule has 1 aliphatic rings. The third kappa shape index (κ3) is 3.68. The van der Waals surface area contributed by atoms with Crippen LogP contribution in [-0.4, -0.2) is 37.2 Å². The molecule has 7 nitrogen and oxygen atoms in total. The van der Waals surface area contributed by atoms with Crippen LogP contribution in [-0.2, 0) is 37.9 Å². The highest BCUT2D eigenvalue weighted by Gasteiger charge is 2.29. The summed E-state index contributed by atoms with van der Waals surface area (Å²) in [5.41, 5.74) is 4.30. The molecule has 136 valence electrons. The van der Waals surface area contributed by atoms with Gasteiger partial charge < -0.3 is 13.8 Å². The molecule has 26 heavy (non-hydrogen) atoms. The fraction of sp³-hybridized carbons (Fsp3) is 0.421. The van der Waals surface area contributed by atoms with E-state index < -0.39 is 0 Å². The number of ether oxygens (including phenoxy) is 1. The first-order chi connectivity index (χ1) is 12.7. The van der Waals surface area contributed by atoms with E-state index in [1.165, 1.54) is 5.69 Å². The Balaban J connectivity index is 1.46. The molecule has 0 fully saturated rings. The van der Waals surface area contributed by atoms with E-state index in [4.69, 9.17) is 9.26 Å². The molecule has 0 saturated carbocycles. The second-order valence-corrected chi connectivity index (χ2v) is 6.78. The first-order valence-corrected chi connectivity index (χ1v) is 8.82. The van der Waals surface area contributed by atoms with E-state index in [9.17, 15) is 0 Å². The van der Waals surface area contributed by atoms with Crippen LogP contribution in [0.5, 0.6) is 0 Å². The minimum absolute atomic E-state index is 0.263. The van der Waals surface area contributed by atoms with Crippen molar-refractivity contribution in [3.8, 4) is 0 Å². The molecule has 1 aliphatic heterocycles. The molecule has 0 aromatic carbocycles. The van der Waals surface area contributed by atoms with Gasteiger partial charge in [-0.15, -0.1) is 0 Å². The molecule has 0 radical (unpaired) electrons. The smallest absolute Gasteiger partial charge is 0.133 e. The van der Waals surface area contributed by atoms with Crippen molar-refractivity contribution in [2.75, 3.05) is 6.61 Å². The van der Waals surface area contributed by atoms with Gasteiger partial charge in [-0.2, -0.15) is 0 Å². The van der Waals surface area contributed by atoms with E-state index in [0.717, 1.165) is 42.4 Å². The zero-order valence-electron chi connectivity index (χ0n) is 15.1. The molecular weight excluding hydrogens is 330 g/mol. The summed E-state index contributed by atoms with van der Waals surface area (Å²) in [5.74, 6) is 0.832. The maximum absolute atomic E-state index is 5.99. The van der Waals surface area contributed by atoms with Crippen molar-refractivity contribution in [1.82, 2.24) is 24.6 Å². The van der Waals surface area contributed by atoms with Gasteiger partial charge in [0.15, 0.2) is 0 Å². The van der Waals surface area contributed by atoms with E-state index >= 15 is 0 Å². The van der Waals surface area contributed by atoms with Crippen molar-refractivity contribution in [3.63, 3.8) is 0 Å². The highest BCUT2D eigenvalue weighted by molar-refractivity contribution is 5.19. The van der Waals surface area contributed by atoms with Crippen molar-refractivity contribution in [3.05, 3.63) is 65.3 Å². The SMILES string of the molecule is Cc1cc(CN2Cc3ncn(C)c3C[C@@H]2COCc2ccccn2)no1. The Morgan fingerprint density at radius 1 is 1.27 bits per heavy atom. The summed E-state index contributed by atoms with van der Waals surface area (Å²) in [7, 11) is 2.05. The van der Waals surface area contributed by atoms with Gasteiger partial charge in [0.05, 0.1) is 36.6 Å². The van der Waals surface area contributed by atoms with Crippen molar-refractivity contribution >= 4 is 0 Å². The topological polar surface area (TPSA) is 69.2 Å². The van der Waals surface area contributed by atoms with Crippen LogP contribution in [0, 0.1) is 6.92 Å². The molecular formula is C19H23N5O2. The van der Waals surface area contributed by atoms with Crippen LogP contribution in [0.25, 0.3) is 0 Å². The maximum atomic E-state index is 5.99. The van der Waals surface area contributed by atoms with E-state index in [2.05, 4.69) is 24.6 Å². The lowest BCUT2D eigenvalue weighted by atomic mass is 10.0. The Labute approximate surface area is 152 Å². The van der Waals surface area contributed by atoms with Gasteiger partial charge in [0.1, 0.15) is 5.76 Å². The number of nitrogens with zero attached hydrogens (tertiary/aromatic N) is 5. The standard InChI is InChI=1S/C19H23N5O2/c1-14-7-16(22-26-14)9-24-10-18-19(23(2)13-21-18)8-17(24)12-25-11-15-5-3-4-6-20-15/h3-7,13,17H,8-12H2,1-2H3/t17-/m1/s1. The number of hydrogen-bond acceptors (Lipinski definition) is 6. The lowest BCUT2D eigenvalue weighted by Gasteiger charge is -2.34. The van der Waals surface area contributed by atoms with Gasteiger partial charge in [0.25, 0.3) is 0 Å². The highest BCUT2D eigenvalue weighted by Crippen LogP contribution is 2.24. The largest absolute Gasteiger partial charge is 0.374 e. The Morgan fingerprint density at radius 3 is 2.96 bits per heavy atom. The summed E-state index contributed by atoms with van der Waals surface area (Å²) in [6.07, 6.45) is 4.59. The van der Waals surface area contributed by atoms with Crippen LogP contribution in [0.4, 0.5) is 0 Å². The molecule has 4 rings (SSSR count). The summed E-state index contributed by atoms with van der Waals surface area (Å²) in [5, 5.41) is 4.14. The van der Waals surface area contributed by atoms with Crippen LogP contribution in [0.1, 0.15) is 28.5 Å². The van der Waals surface area contributed by atoms with Crippen molar-refractivity contribution in [2.24, 2.45) is 7.05 Å². The minimum Gasteiger partial charge on any atom is -0.374 e. The predicted molar refractivity (Wildman–Crippen MR) is 95.1 cm³/mol. The Bertz CT molecular complexity index is 858. The Kier molecular flexibility index (Phi) is 4.81. The molecule has 1 atom stereocenters. The van der Waals surface area contributed by atoms with E-state index in [1.807, 2.05) is 44.6 Å². The fourth-order valence-corrected chi connectivity index (χ4v) is 3.40. The molecule has 4 heterocycles. The quantitative estimate of drug-likeness (QED) is 0.677. The molecule has 0 N–H and O–H groups in total. The van der Waals surface area contributed by atoms with Crippen LogP contribution in [0.15, 0.2) is 41.3 Å². The number of imidazole rings is 1. The monoisotopic (exact) mass is 353 g/mol. The molecule has 7 heteroatoms. The Hall–Kier alpha value is -2.51. The summed E-state index contributed by atoms with van der Waals surface area (Å²) in [6, 6.07) is 8.12. The predicted octanol–water partition coefficient (Wildman–Crippen LogP) is 2.26. The van der Waals surface area contributed by atoms with Crippen LogP contribution in [0.2, 0.25) is 0 Å². The van der Waals surface area contributed by atoms with Crippen molar-refractivity contribution < 1.29 is 9.26 Å². The zero-order chi connectivity index (χ0) is 17.9. The number of fused-ring (bicyclic) bond motifs is 1. The van der Waals surface area contributed by atoms with Gasteiger partial charge in [0, 0.05) is 50.6 Å². The van der Waals surface area contributed by atoms with Gasteiger partial charge in [-0.25, -0.2) is 4.98 Å². The van der Waals surface area contributed by atoms with Gasteiger partial charge >= 0.3 is 0 Å². The maximum Gasteiger partial charge on any atom is 0.133 e. The average Bonchev–Trinajstić information content (AvgIpc) is 3.22. The van der Waals surface area contributed by atoms with Crippen LogP contribution in [0.3, 0.4) is 0 Å². The molecule has 3 aromatic rings.